The summed E-state index contributed by atoms with van der Waals surface area (Å²) in [6, 6.07) is 0. The Balaban J connectivity index is -0.0000000476. The van der Waals surface area contributed by atoms with Gasteiger partial charge in [-0.05, 0) is 41.5 Å². The second-order valence-electron chi connectivity index (χ2n) is 4.19. The molecule has 0 rings (SSSR count). The fourth-order valence-corrected chi connectivity index (χ4v) is 0.882. The van der Waals surface area contributed by atoms with Gasteiger partial charge >= 0.3 is 0 Å². The molecule has 0 unspecified atom stereocenters. The molecule has 0 aliphatic carbocycles. The van der Waals surface area contributed by atoms with Crippen molar-refractivity contribution in [2.75, 3.05) is 0 Å². The Kier molecular flexibility index (Phi) is 39.3. The van der Waals surface area contributed by atoms with Crippen LogP contribution < -0.4 is 0 Å². The van der Waals surface area contributed by atoms with Crippen LogP contribution in [0.4, 0.5) is 0 Å². The molecule has 149 valence electrons. The molecule has 0 aromatic carbocycles. The van der Waals surface area contributed by atoms with Crippen LogP contribution in [0.5, 0.6) is 0 Å². The molecule has 0 spiro atoms. The number of carbonyl (C=O) groups excluding carboxylic acids is 3. The number of ketones is 3. The van der Waals surface area contributed by atoms with Gasteiger partial charge in [-0.3, -0.25) is 14.4 Å². The van der Waals surface area contributed by atoms with Crippen LogP contribution in [0.3, 0.4) is 0 Å². The summed E-state index contributed by atoms with van der Waals surface area (Å²) < 4.78 is 0. The summed E-state index contributed by atoms with van der Waals surface area (Å²) in [6.45, 7) is 8.54. The topological polar surface area (TPSA) is 112 Å². The summed E-state index contributed by atoms with van der Waals surface area (Å²) in [5, 5.41) is 25.1. The quantitative estimate of drug-likeness (QED) is 0.327. The van der Waals surface area contributed by atoms with Crippen molar-refractivity contribution in [2.24, 2.45) is 0 Å². The number of aliphatic hydroxyl groups excluding tert-OH is 3. The van der Waals surface area contributed by atoms with Crippen LogP contribution in [0.25, 0.3) is 0 Å². The first-order chi connectivity index (χ1) is 9.38. The third kappa shape index (κ3) is 69.0. The smallest absolute Gasteiger partial charge is 0.155 e. The van der Waals surface area contributed by atoms with Crippen LogP contribution in [0.1, 0.15) is 41.5 Å². The third-order valence-corrected chi connectivity index (χ3v) is 1.24. The van der Waals surface area contributed by atoms with Gasteiger partial charge in [0.2, 0.25) is 0 Å². The Morgan fingerprint density at radius 1 is 0.583 bits per heavy atom. The van der Waals surface area contributed by atoms with Gasteiger partial charge in [0, 0.05) is 68.9 Å². The van der Waals surface area contributed by atoms with Crippen molar-refractivity contribution in [1.29, 1.82) is 0 Å². The monoisotopic (exact) mass is 477 g/mol. The van der Waals surface area contributed by atoms with Crippen LogP contribution in [0, 0.1) is 0 Å². The average molecular weight is 478 g/mol. The summed E-state index contributed by atoms with van der Waals surface area (Å²) >= 11 is 0. The number of hydrogen-bond donors (Lipinski definition) is 3. The number of aliphatic hydroxyl groups is 3. The second-order valence-corrected chi connectivity index (χ2v) is 4.19. The Bertz CT molecular complexity index is 380. The molecule has 0 aliphatic rings. The maximum Gasteiger partial charge on any atom is 0.155 e. The number of allylic oxidation sites excluding steroid dienone is 6. The van der Waals surface area contributed by atoms with Gasteiger partial charge in [0.15, 0.2) is 17.3 Å². The molecule has 6 nitrogen and oxygen atoms in total. The van der Waals surface area contributed by atoms with Crippen LogP contribution in [-0.2, 0) is 65.0 Å². The van der Waals surface area contributed by atoms with Gasteiger partial charge in [0.1, 0.15) is 0 Å². The minimum atomic E-state index is -0.125. The fraction of sp³-hybridized carbons (Fsp3) is 0.400. The van der Waals surface area contributed by atoms with E-state index in [0.29, 0.717) is 0 Å². The molecule has 0 bridgehead atoms. The Labute approximate surface area is 174 Å². The predicted octanol–water partition coefficient (Wildman–Crippen LogP) is 3.10. The minimum absolute atomic E-state index is 0. The maximum absolute atomic E-state index is 10.0. The average Bonchev–Trinajstić information content (AvgIpc) is 2.10. The molecule has 0 heterocycles. The van der Waals surface area contributed by atoms with Gasteiger partial charge < -0.3 is 15.3 Å². The molecule has 0 amide bonds. The Morgan fingerprint density at radius 2 is 0.708 bits per heavy atom. The van der Waals surface area contributed by atoms with E-state index in [0.717, 1.165) is 0 Å². The second kappa shape index (κ2) is 24.4. The number of carbonyl (C=O) groups is 3. The summed E-state index contributed by atoms with van der Waals surface area (Å²) in [5.41, 5.74) is 0. The summed E-state index contributed by atoms with van der Waals surface area (Å²) in [7, 11) is 0. The maximum atomic E-state index is 10.0. The van der Waals surface area contributed by atoms with Gasteiger partial charge in [0.05, 0.1) is 17.3 Å². The van der Waals surface area contributed by atoms with E-state index in [-0.39, 0.29) is 85.3 Å². The summed E-state index contributed by atoms with van der Waals surface area (Å²) in [4.78, 5) is 30.1. The molecule has 0 aromatic heterocycles. The zero-order valence-electron chi connectivity index (χ0n) is 14.3. The molecule has 0 fully saturated rings. The number of hydrogen-bond acceptors (Lipinski definition) is 6. The number of rotatable bonds is 3. The van der Waals surface area contributed by atoms with Crippen molar-refractivity contribution in [1.82, 2.24) is 0 Å². The third-order valence-electron chi connectivity index (χ3n) is 1.24. The van der Waals surface area contributed by atoms with Gasteiger partial charge in [0.25, 0.3) is 0 Å². The van der Waals surface area contributed by atoms with Crippen LogP contribution in [0.15, 0.2) is 35.5 Å². The first kappa shape index (κ1) is 38.6. The Hall–Kier alpha value is -0.838. The molecule has 0 atom stereocenters. The summed E-state index contributed by atoms with van der Waals surface area (Å²) in [5.74, 6) is -0.187. The van der Waals surface area contributed by atoms with E-state index in [9.17, 15) is 14.4 Å². The molecule has 0 saturated carbocycles. The molecule has 0 saturated heterocycles. The molecule has 24 heavy (non-hydrogen) atoms. The Morgan fingerprint density at radius 3 is 0.708 bits per heavy atom. The summed E-state index contributed by atoms with van der Waals surface area (Å²) in [6.07, 6.45) is 3.50. The van der Waals surface area contributed by atoms with Crippen molar-refractivity contribution in [3.8, 4) is 0 Å². The van der Waals surface area contributed by atoms with Crippen molar-refractivity contribution in [3.05, 3.63) is 35.5 Å². The van der Waals surface area contributed by atoms with E-state index >= 15 is 0 Å². The largest absolute Gasteiger partial charge is 0.512 e. The molecule has 0 aliphatic heterocycles. The molecule has 9 heteroatoms. The standard InChI is InChI=1S/3C5H8O2.Cu.Fe.Ni/c3*1-4(6)3-5(2)7;;;/h3*3,6H,1-2H3;;;/b3*4-3-;;;. The van der Waals surface area contributed by atoms with Crippen molar-refractivity contribution >= 4 is 17.3 Å². The van der Waals surface area contributed by atoms with Crippen molar-refractivity contribution in [2.45, 2.75) is 41.5 Å². The van der Waals surface area contributed by atoms with Crippen LogP contribution in [-0.4, -0.2) is 32.7 Å². The predicted molar refractivity (Wildman–Crippen MR) is 81.2 cm³/mol. The fourth-order valence-electron chi connectivity index (χ4n) is 0.882. The minimum Gasteiger partial charge on any atom is -0.512 e. The first-order valence-corrected chi connectivity index (χ1v) is 6.02. The normalized spacial score (nSPS) is 10.0. The molecule has 3 N–H and O–H groups in total. The zero-order chi connectivity index (χ0) is 17.6. The van der Waals surface area contributed by atoms with E-state index in [1.807, 2.05) is 0 Å². The zero-order valence-corrected chi connectivity index (χ0v) is 17.3. The molecular weight excluding hydrogens is 454 g/mol. The van der Waals surface area contributed by atoms with Crippen molar-refractivity contribution in [3.63, 3.8) is 0 Å². The van der Waals surface area contributed by atoms with Crippen LogP contribution >= 0.6 is 0 Å². The van der Waals surface area contributed by atoms with E-state index < -0.39 is 0 Å². The van der Waals surface area contributed by atoms with E-state index in [1.54, 1.807) is 0 Å². The van der Waals surface area contributed by atoms with E-state index in [1.165, 1.54) is 59.8 Å². The SMILES string of the molecule is CC(=O)/C=C(/C)O.CC(=O)/C=C(/C)O.CC(=O)/C=C(/C)O.[Cu].[Fe].[Ni]. The molecule has 0 aromatic rings. The van der Waals surface area contributed by atoms with Gasteiger partial charge in [-0.1, -0.05) is 0 Å². The first-order valence-electron chi connectivity index (χ1n) is 6.02. The molecular formula is C15H24CuFeNiO6. The van der Waals surface area contributed by atoms with Crippen LogP contribution in [0.2, 0.25) is 0 Å². The van der Waals surface area contributed by atoms with E-state index in [4.69, 9.17) is 15.3 Å². The van der Waals surface area contributed by atoms with Crippen molar-refractivity contribution < 1.29 is 80.3 Å². The van der Waals surface area contributed by atoms with Gasteiger partial charge in [-0.25, -0.2) is 0 Å². The van der Waals surface area contributed by atoms with E-state index in [2.05, 4.69) is 0 Å². The van der Waals surface area contributed by atoms with Gasteiger partial charge in [-0.2, -0.15) is 0 Å². The molecule has 1 radical (unpaired) electrons. The van der Waals surface area contributed by atoms with Gasteiger partial charge in [-0.15, -0.1) is 0 Å².